The van der Waals surface area contributed by atoms with Gasteiger partial charge in [0, 0.05) is 17.2 Å². The van der Waals surface area contributed by atoms with Crippen LogP contribution < -0.4 is 15.9 Å². The van der Waals surface area contributed by atoms with E-state index in [1.807, 2.05) is 55.4 Å². The quantitative estimate of drug-likeness (QED) is 0.703. The van der Waals surface area contributed by atoms with E-state index in [1.165, 1.54) is 9.36 Å². The molecule has 0 saturated heterocycles. The van der Waals surface area contributed by atoms with Crippen molar-refractivity contribution in [3.63, 3.8) is 0 Å². The predicted molar refractivity (Wildman–Crippen MR) is 118 cm³/mol. The Bertz CT molecular complexity index is 866. The molecule has 2 rings (SSSR count). The zero-order chi connectivity index (χ0) is 22.5. The molecule has 0 radical (unpaired) electrons. The van der Waals surface area contributed by atoms with Crippen molar-refractivity contribution in [3.8, 4) is 5.88 Å². The summed E-state index contributed by atoms with van der Waals surface area (Å²) in [6.45, 7) is 15.6. The minimum Gasteiger partial charge on any atom is -0.480 e. The molecule has 0 aliphatic carbocycles. The third-order valence-electron chi connectivity index (χ3n) is 4.30. The van der Waals surface area contributed by atoms with Crippen molar-refractivity contribution in [2.24, 2.45) is 0 Å². The Labute approximate surface area is 177 Å². The van der Waals surface area contributed by atoms with Crippen LogP contribution in [0.5, 0.6) is 5.88 Å². The molecule has 0 fully saturated rings. The number of methoxy groups -OCH3 is 1. The molecule has 0 bridgehead atoms. The number of rotatable bonds is 5. The first kappa shape index (κ1) is 24.9. The SMILES string of the molecule is CC(C)c1cc(Cl)nn(C(C)C)c1=O.COc1cc(C(C)C)c(=O)n(C(C)C)n1. The van der Waals surface area contributed by atoms with Gasteiger partial charge >= 0.3 is 0 Å². The average molecular weight is 425 g/mol. The van der Waals surface area contributed by atoms with Crippen LogP contribution in [0.25, 0.3) is 0 Å². The van der Waals surface area contributed by atoms with Gasteiger partial charge in [-0.05, 0) is 45.6 Å². The van der Waals surface area contributed by atoms with E-state index in [0.717, 1.165) is 11.1 Å². The molecule has 0 aromatic carbocycles. The van der Waals surface area contributed by atoms with Crippen LogP contribution in [0.4, 0.5) is 0 Å². The first-order valence-electron chi connectivity index (χ1n) is 9.87. The van der Waals surface area contributed by atoms with Crippen LogP contribution in [0.1, 0.15) is 90.4 Å². The second kappa shape index (κ2) is 10.6. The van der Waals surface area contributed by atoms with Crippen LogP contribution >= 0.6 is 11.6 Å². The highest BCUT2D eigenvalue weighted by Gasteiger charge is 2.13. The van der Waals surface area contributed by atoms with Crippen molar-refractivity contribution in [2.75, 3.05) is 7.11 Å². The first-order valence-corrected chi connectivity index (χ1v) is 10.2. The molecule has 2 heterocycles. The molecule has 7 nitrogen and oxygen atoms in total. The van der Waals surface area contributed by atoms with Crippen molar-refractivity contribution < 1.29 is 4.74 Å². The Balaban J connectivity index is 0.000000291. The molecule has 29 heavy (non-hydrogen) atoms. The average Bonchev–Trinajstić information content (AvgIpc) is 2.63. The molecule has 0 saturated carbocycles. The molecule has 0 unspecified atom stereocenters. The summed E-state index contributed by atoms with van der Waals surface area (Å²) in [4.78, 5) is 23.8. The van der Waals surface area contributed by atoms with E-state index in [1.54, 1.807) is 19.2 Å². The Morgan fingerprint density at radius 2 is 1.21 bits per heavy atom. The van der Waals surface area contributed by atoms with E-state index in [4.69, 9.17) is 16.3 Å². The fourth-order valence-corrected chi connectivity index (χ4v) is 2.83. The molecular formula is C21H33ClN4O3. The van der Waals surface area contributed by atoms with Crippen molar-refractivity contribution >= 4 is 11.6 Å². The Kier molecular flexibility index (Phi) is 9.08. The molecule has 2 aromatic rings. The zero-order valence-corrected chi connectivity index (χ0v) is 19.6. The van der Waals surface area contributed by atoms with Gasteiger partial charge in [0.15, 0.2) is 0 Å². The fraction of sp³-hybridized carbons (Fsp3) is 0.619. The maximum Gasteiger partial charge on any atom is 0.270 e. The number of hydrogen-bond acceptors (Lipinski definition) is 5. The van der Waals surface area contributed by atoms with Gasteiger partial charge in [-0.3, -0.25) is 9.59 Å². The second-order valence-corrected chi connectivity index (χ2v) is 8.45. The highest BCUT2D eigenvalue weighted by molar-refractivity contribution is 6.29. The number of hydrogen-bond donors (Lipinski definition) is 0. The molecule has 0 aliphatic rings. The summed E-state index contributed by atoms with van der Waals surface area (Å²) in [5.74, 6) is 0.847. The highest BCUT2D eigenvalue weighted by atomic mass is 35.5. The summed E-state index contributed by atoms with van der Waals surface area (Å²) in [5, 5.41) is 8.48. The molecule has 162 valence electrons. The van der Waals surface area contributed by atoms with Gasteiger partial charge in [-0.2, -0.15) is 5.10 Å². The van der Waals surface area contributed by atoms with E-state index in [-0.39, 0.29) is 35.0 Å². The second-order valence-electron chi connectivity index (χ2n) is 8.06. The summed E-state index contributed by atoms with van der Waals surface area (Å²) >= 11 is 5.84. The van der Waals surface area contributed by atoms with Gasteiger partial charge in [0.2, 0.25) is 5.88 Å². The van der Waals surface area contributed by atoms with Crippen LogP contribution in [0.15, 0.2) is 21.7 Å². The topological polar surface area (TPSA) is 79.0 Å². The molecular weight excluding hydrogens is 392 g/mol. The number of ether oxygens (including phenoxy) is 1. The molecule has 0 spiro atoms. The van der Waals surface area contributed by atoms with Crippen LogP contribution in [0, 0.1) is 0 Å². The van der Waals surface area contributed by atoms with E-state index >= 15 is 0 Å². The van der Waals surface area contributed by atoms with Gasteiger partial charge in [-0.1, -0.05) is 39.3 Å². The normalized spacial score (nSPS) is 11.2. The van der Waals surface area contributed by atoms with E-state index in [9.17, 15) is 9.59 Å². The van der Waals surface area contributed by atoms with Gasteiger partial charge < -0.3 is 4.74 Å². The Hall–Kier alpha value is -2.15. The van der Waals surface area contributed by atoms with E-state index < -0.39 is 0 Å². The minimum absolute atomic E-state index is 0.0270. The molecule has 0 amide bonds. The van der Waals surface area contributed by atoms with Crippen LogP contribution in [-0.2, 0) is 0 Å². The standard InChI is InChI=1S/C11H18N2O2.C10H15ClN2O/c1-7(2)9-6-10(15-5)12-13(8(3)4)11(9)14;1-6(2)8-5-9(11)12-13(7(3)4)10(8)14/h6-8H,1-5H3;5-7H,1-4H3. The van der Waals surface area contributed by atoms with Crippen molar-refractivity contribution in [1.29, 1.82) is 0 Å². The third-order valence-corrected chi connectivity index (χ3v) is 4.49. The Morgan fingerprint density at radius 1 is 0.793 bits per heavy atom. The van der Waals surface area contributed by atoms with Crippen LogP contribution in [0.3, 0.4) is 0 Å². The first-order chi connectivity index (χ1) is 13.4. The molecule has 0 N–H and O–H groups in total. The van der Waals surface area contributed by atoms with Crippen LogP contribution in [-0.4, -0.2) is 26.7 Å². The van der Waals surface area contributed by atoms with Crippen molar-refractivity contribution in [1.82, 2.24) is 19.6 Å². The smallest absolute Gasteiger partial charge is 0.270 e. The fourth-order valence-electron chi connectivity index (χ4n) is 2.63. The summed E-state index contributed by atoms with van der Waals surface area (Å²) in [7, 11) is 1.56. The lowest BCUT2D eigenvalue weighted by Crippen LogP contribution is -2.28. The molecule has 2 aromatic heterocycles. The molecule has 8 heteroatoms. The lowest BCUT2D eigenvalue weighted by molar-refractivity contribution is 0.364. The molecule has 0 aliphatic heterocycles. The lowest BCUT2D eigenvalue weighted by atomic mass is 10.1. The number of nitrogens with zero attached hydrogens (tertiary/aromatic N) is 4. The van der Waals surface area contributed by atoms with Gasteiger partial charge in [-0.15, -0.1) is 5.10 Å². The van der Waals surface area contributed by atoms with Crippen molar-refractivity contribution in [2.45, 2.75) is 79.3 Å². The summed E-state index contributed by atoms with van der Waals surface area (Å²) in [5.41, 5.74) is 1.40. The summed E-state index contributed by atoms with van der Waals surface area (Å²) < 4.78 is 7.97. The van der Waals surface area contributed by atoms with Gasteiger partial charge in [-0.25, -0.2) is 9.36 Å². The van der Waals surface area contributed by atoms with Crippen molar-refractivity contribution in [3.05, 3.63) is 49.1 Å². The highest BCUT2D eigenvalue weighted by Crippen LogP contribution is 2.16. The maximum atomic E-state index is 12.0. The number of aromatic nitrogens is 4. The van der Waals surface area contributed by atoms with E-state index in [2.05, 4.69) is 10.2 Å². The van der Waals surface area contributed by atoms with Gasteiger partial charge in [0.25, 0.3) is 11.1 Å². The van der Waals surface area contributed by atoms with Gasteiger partial charge in [0.1, 0.15) is 5.15 Å². The Morgan fingerprint density at radius 3 is 1.59 bits per heavy atom. The van der Waals surface area contributed by atoms with Crippen LogP contribution in [0.2, 0.25) is 5.15 Å². The minimum atomic E-state index is -0.0422. The predicted octanol–water partition coefficient (Wildman–Crippen LogP) is 4.56. The molecule has 0 atom stereocenters. The zero-order valence-electron chi connectivity index (χ0n) is 18.9. The van der Waals surface area contributed by atoms with E-state index in [0.29, 0.717) is 11.0 Å². The number of halogens is 1. The summed E-state index contributed by atoms with van der Waals surface area (Å²) in [6.07, 6.45) is 0. The lowest BCUT2D eigenvalue weighted by Gasteiger charge is -2.13. The monoisotopic (exact) mass is 424 g/mol. The maximum absolute atomic E-state index is 12.0. The largest absolute Gasteiger partial charge is 0.480 e. The summed E-state index contributed by atoms with van der Waals surface area (Å²) in [6, 6.07) is 3.45. The third kappa shape index (κ3) is 6.42. The van der Waals surface area contributed by atoms with Gasteiger partial charge in [0.05, 0.1) is 19.2 Å².